The molecule has 0 aliphatic carbocycles. The number of carbonyl (C=O) groups is 1. The number of amides is 1. The van der Waals surface area contributed by atoms with E-state index in [1.165, 1.54) is 0 Å². The average molecular weight is 413 g/mol. The van der Waals surface area contributed by atoms with Crippen molar-refractivity contribution >= 4 is 43.5 Å². The number of aryl methyl sites for hydroxylation is 2. The molecule has 0 unspecified atom stereocenters. The molecule has 0 saturated heterocycles. The van der Waals surface area contributed by atoms with Crippen LogP contribution >= 0.6 is 31.9 Å². The van der Waals surface area contributed by atoms with Crippen molar-refractivity contribution < 1.29 is 9.53 Å². The number of rotatable bonds is 3. The Hall–Kier alpha value is -1.33. The second-order valence-corrected chi connectivity index (χ2v) is 6.43. The van der Waals surface area contributed by atoms with Gasteiger partial charge in [0.2, 0.25) is 0 Å². The minimum Gasteiger partial charge on any atom is -0.496 e. The van der Waals surface area contributed by atoms with Gasteiger partial charge in [-0.05, 0) is 55.3 Å². The Morgan fingerprint density at radius 3 is 2.29 bits per heavy atom. The van der Waals surface area contributed by atoms with Crippen molar-refractivity contribution in [3.8, 4) is 5.75 Å². The van der Waals surface area contributed by atoms with Gasteiger partial charge in [-0.3, -0.25) is 4.79 Å². The van der Waals surface area contributed by atoms with E-state index in [2.05, 4.69) is 37.2 Å². The quantitative estimate of drug-likeness (QED) is 0.762. The lowest BCUT2D eigenvalue weighted by Gasteiger charge is -2.12. The van der Waals surface area contributed by atoms with E-state index in [0.29, 0.717) is 11.3 Å². The highest BCUT2D eigenvalue weighted by atomic mass is 79.9. The first-order chi connectivity index (χ1) is 9.92. The van der Waals surface area contributed by atoms with Gasteiger partial charge in [-0.1, -0.05) is 31.9 Å². The van der Waals surface area contributed by atoms with Gasteiger partial charge in [0.05, 0.1) is 12.7 Å². The van der Waals surface area contributed by atoms with Crippen molar-refractivity contribution in [2.24, 2.45) is 0 Å². The van der Waals surface area contributed by atoms with E-state index in [0.717, 1.165) is 25.8 Å². The molecule has 2 aromatic rings. The van der Waals surface area contributed by atoms with Crippen LogP contribution in [0, 0.1) is 13.8 Å². The summed E-state index contributed by atoms with van der Waals surface area (Å²) in [5.41, 5.74) is 3.42. The second-order valence-electron chi connectivity index (χ2n) is 4.72. The highest BCUT2D eigenvalue weighted by Crippen LogP contribution is 2.27. The summed E-state index contributed by atoms with van der Waals surface area (Å²) in [5.74, 6) is 0.341. The molecule has 1 N–H and O–H groups in total. The lowest BCUT2D eigenvalue weighted by Crippen LogP contribution is -2.13. The Bertz CT molecular complexity index is 676. The van der Waals surface area contributed by atoms with Crippen LogP contribution in [0.15, 0.2) is 39.3 Å². The third-order valence-corrected chi connectivity index (χ3v) is 4.85. The fraction of sp³-hybridized carbons (Fsp3) is 0.188. The summed E-state index contributed by atoms with van der Waals surface area (Å²) in [6, 6.07) is 9.18. The van der Waals surface area contributed by atoms with Gasteiger partial charge in [-0.25, -0.2) is 0 Å². The molecule has 0 spiro atoms. The van der Waals surface area contributed by atoms with Crippen molar-refractivity contribution in [1.82, 2.24) is 0 Å². The summed E-state index contributed by atoms with van der Waals surface area (Å²) in [6.07, 6.45) is 0. The SMILES string of the molecule is COc1cc(Br)ccc1C(=O)Nc1cc(C)c(Br)c(C)c1. The number of halogens is 2. The smallest absolute Gasteiger partial charge is 0.259 e. The largest absolute Gasteiger partial charge is 0.496 e. The standard InChI is InChI=1S/C16H15Br2NO2/c1-9-6-12(7-10(2)15(9)18)19-16(20)13-5-4-11(17)8-14(13)21-3/h4-8H,1-3H3,(H,19,20). The minimum atomic E-state index is -0.194. The second kappa shape index (κ2) is 6.62. The van der Waals surface area contributed by atoms with Crippen LogP contribution < -0.4 is 10.1 Å². The van der Waals surface area contributed by atoms with E-state index in [1.807, 2.05) is 32.0 Å². The van der Waals surface area contributed by atoms with Crippen molar-refractivity contribution in [3.05, 3.63) is 56.0 Å². The van der Waals surface area contributed by atoms with Gasteiger partial charge in [-0.2, -0.15) is 0 Å². The fourth-order valence-electron chi connectivity index (χ4n) is 2.07. The van der Waals surface area contributed by atoms with Crippen molar-refractivity contribution in [3.63, 3.8) is 0 Å². The topological polar surface area (TPSA) is 38.3 Å². The summed E-state index contributed by atoms with van der Waals surface area (Å²) in [6.45, 7) is 3.99. The van der Waals surface area contributed by atoms with Crippen LogP contribution in [-0.2, 0) is 0 Å². The third-order valence-electron chi connectivity index (χ3n) is 3.10. The molecule has 110 valence electrons. The van der Waals surface area contributed by atoms with Gasteiger partial charge in [-0.15, -0.1) is 0 Å². The van der Waals surface area contributed by atoms with Gasteiger partial charge in [0.25, 0.3) is 5.91 Å². The molecule has 0 saturated carbocycles. The zero-order valence-corrected chi connectivity index (χ0v) is 15.1. The van der Waals surface area contributed by atoms with Crippen molar-refractivity contribution in [1.29, 1.82) is 0 Å². The molecule has 5 heteroatoms. The number of benzene rings is 2. The number of hydrogen-bond acceptors (Lipinski definition) is 2. The van der Waals surface area contributed by atoms with Crippen molar-refractivity contribution in [2.75, 3.05) is 12.4 Å². The first-order valence-electron chi connectivity index (χ1n) is 6.34. The fourth-order valence-corrected chi connectivity index (χ4v) is 2.64. The Kier molecular flexibility index (Phi) is 5.06. The first-order valence-corrected chi connectivity index (χ1v) is 7.92. The van der Waals surface area contributed by atoms with Crippen LogP contribution in [0.3, 0.4) is 0 Å². The zero-order valence-electron chi connectivity index (χ0n) is 12.0. The van der Waals surface area contributed by atoms with Gasteiger partial charge in [0.1, 0.15) is 5.75 Å². The normalized spacial score (nSPS) is 10.3. The van der Waals surface area contributed by atoms with Gasteiger partial charge in [0.15, 0.2) is 0 Å². The molecular weight excluding hydrogens is 398 g/mol. The van der Waals surface area contributed by atoms with Crippen LogP contribution in [0.1, 0.15) is 21.5 Å². The molecule has 2 aromatic carbocycles. The first kappa shape index (κ1) is 16.0. The van der Waals surface area contributed by atoms with E-state index in [9.17, 15) is 4.79 Å². The van der Waals surface area contributed by atoms with Crippen LogP contribution in [0.5, 0.6) is 5.75 Å². The van der Waals surface area contributed by atoms with Crippen molar-refractivity contribution in [2.45, 2.75) is 13.8 Å². The molecule has 0 fully saturated rings. The zero-order chi connectivity index (χ0) is 15.6. The number of carbonyl (C=O) groups excluding carboxylic acids is 1. The molecule has 0 atom stereocenters. The predicted octanol–water partition coefficient (Wildman–Crippen LogP) is 5.09. The lowest BCUT2D eigenvalue weighted by molar-refractivity contribution is 0.102. The Morgan fingerprint density at radius 1 is 1.10 bits per heavy atom. The highest BCUT2D eigenvalue weighted by Gasteiger charge is 2.13. The Morgan fingerprint density at radius 2 is 1.71 bits per heavy atom. The van der Waals surface area contributed by atoms with E-state index in [1.54, 1.807) is 19.2 Å². The maximum absolute atomic E-state index is 12.4. The number of methoxy groups -OCH3 is 1. The minimum absolute atomic E-state index is 0.194. The van der Waals surface area contributed by atoms with E-state index in [4.69, 9.17) is 4.74 Å². The lowest BCUT2D eigenvalue weighted by atomic mass is 10.1. The maximum Gasteiger partial charge on any atom is 0.259 e. The summed E-state index contributed by atoms with van der Waals surface area (Å²) in [5, 5.41) is 2.91. The number of ether oxygens (including phenoxy) is 1. The van der Waals surface area contributed by atoms with Gasteiger partial charge >= 0.3 is 0 Å². The number of hydrogen-bond donors (Lipinski definition) is 1. The van der Waals surface area contributed by atoms with E-state index >= 15 is 0 Å². The molecule has 0 aromatic heterocycles. The summed E-state index contributed by atoms with van der Waals surface area (Å²) < 4.78 is 7.18. The van der Waals surface area contributed by atoms with Crippen LogP contribution in [0.25, 0.3) is 0 Å². The molecule has 2 rings (SSSR count). The summed E-state index contributed by atoms with van der Waals surface area (Å²) in [7, 11) is 1.55. The molecule has 0 heterocycles. The molecule has 0 aliphatic rings. The van der Waals surface area contributed by atoms with E-state index < -0.39 is 0 Å². The predicted molar refractivity (Wildman–Crippen MR) is 92.3 cm³/mol. The monoisotopic (exact) mass is 411 g/mol. The molecule has 0 radical (unpaired) electrons. The maximum atomic E-state index is 12.4. The molecule has 0 aliphatic heterocycles. The van der Waals surface area contributed by atoms with Crippen LogP contribution in [-0.4, -0.2) is 13.0 Å². The van der Waals surface area contributed by atoms with Crippen LogP contribution in [0.2, 0.25) is 0 Å². The molecule has 0 bridgehead atoms. The molecule has 21 heavy (non-hydrogen) atoms. The average Bonchev–Trinajstić information content (AvgIpc) is 2.44. The van der Waals surface area contributed by atoms with Crippen LogP contribution in [0.4, 0.5) is 5.69 Å². The summed E-state index contributed by atoms with van der Waals surface area (Å²) in [4.78, 5) is 12.4. The molecule has 1 amide bonds. The molecule has 3 nitrogen and oxygen atoms in total. The molecular formula is C16H15Br2NO2. The van der Waals surface area contributed by atoms with E-state index in [-0.39, 0.29) is 5.91 Å². The van der Waals surface area contributed by atoms with Gasteiger partial charge in [0, 0.05) is 14.6 Å². The highest BCUT2D eigenvalue weighted by molar-refractivity contribution is 9.10. The number of nitrogens with one attached hydrogen (secondary N) is 1. The Labute approximate surface area is 141 Å². The summed E-state index contributed by atoms with van der Waals surface area (Å²) >= 11 is 6.88. The number of anilines is 1. The third kappa shape index (κ3) is 3.66. The Balaban J connectivity index is 2.30. The van der Waals surface area contributed by atoms with Gasteiger partial charge < -0.3 is 10.1 Å².